The fourth-order valence-corrected chi connectivity index (χ4v) is 3.59. The molecule has 0 aliphatic carbocycles. The summed E-state index contributed by atoms with van der Waals surface area (Å²) in [6.45, 7) is 5.49. The van der Waals surface area contributed by atoms with Gasteiger partial charge in [0.05, 0.1) is 4.90 Å². The van der Waals surface area contributed by atoms with E-state index in [-0.39, 0.29) is 23.2 Å². The standard InChI is InChI=1S/C15H25N3O3S.ClH/c1-3-18(4-2)22(20,21)14-9-7-8-13(12-14)15(19)17-11-6-5-10-16;/h7-9,12H,3-6,10-11,16H2,1-2H3,(H,17,19);1H. The number of nitrogens with zero attached hydrogens (tertiary/aromatic N) is 1. The second kappa shape index (κ2) is 10.6. The zero-order valence-corrected chi connectivity index (χ0v) is 15.3. The van der Waals surface area contributed by atoms with E-state index in [1.807, 2.05) is 0 Å². The highest BCUT2D eigenvalue weighted by molar-refractivity contribution is 7.89. The Balaban J connectivity index is 0.00000484. The van der Waals surface area contributed by atoms with Gasteiger partial charge in [0.1, 0.15) is 0 Å². The third kappa shape index (κ3) is 6.10. The highest BCUT2D eigenvalue weighted by Crippen LogP contribution is 2.16. The highest BCUT2D eigenvalue weighted by Gasteiger charge is 2.22. The summed E-state index contributed by atoms with van der Waals surface area (Å²) in [5.74, 6) is -0.270. The number of rotatable bonds is 9. The molecule has 0 heterocycles. The molecule has 0 saturated carbocycles. The van der Waals surface area contributed by atoms with Crippen LogP contribution in [0.5, 0.6) is 0 Å². The number of amides is 1. The quantitative estimate of drug-likeness (QED) is 0.652. The molecule has 0 spiro atoms. The zero-order chi connectivity index (χ0) is 16.6. The minimum absolute atomic E-state index is 0. The summed E-state index contributed by atoms with van der Waals surface area (Å²) < 4.78 is 26.3. The Morgan fingerprint density at radius 3 is 2.43 bits per heavy atom. The minimum atomic E-state index is -3.55. The van der Waals surface area contributed by atoms with Crippen molar-refractivity contribution in [2.75, 3.05) is 26.2 Å². The molecule has 3 N–H and O–H groups in total. The van der Waals surface area contributed by atoms with Crippen molar-refractivity contribution in [2.24, 2.45) is 5.73 Å². The Labute approximate surface area is 144 Å². The number of hydrogen-bond acceptors (Lipinski definition) is 4. The summed E-state index contributed by atoms with van der Waals surface area (Å²) in [5.41, 5.74) is 5.74. The first-order valence-electron chi connectivity index (χ1n) is 7.55. The number of halogens is 1. The number of carbonyl (C=O) groups excluding carboxylic acids is 1. The van der Waals surface area contributed by atoms with Crippen molar-refractivity contribution in [1.82, 2.24) is 9.62 Å². The Morgan fingerprint density at radius 2 is 1.87 bits per heavy atom. The summed E-state index contributed by atoms with van der Waals surface area (Å²) in [7, 11) is -3.55. The van der Waals surface area contributed by atoms with E-state index in [0.29, 0.717) is 31.7 Å². The molecule has 1 aromatic carbocycles. The van der Waals surface area contributed by atoms with E-state index in [4.69, 9.17) is 5.73 Å². The van der Waals surface area contributed by atoms with Gasteiger partial charge in [0.2, 0.25) is 10.0 Å². The summed E-state index contributed by atoms with van der Waals surface area (Å²) in [6.07, 6.45) is 1.65. The molecule has 1 aromatic rings. The molecule has 8 heteroatoms. The molecule has 23 heavy (non-hydrogen) atoms. The first kappa shape index (κ1) is 21.9. The van der Waals surface area contributed by atoms with E-state index in [2.05, 4.69) is 5.32 Å². The van der Waals surface area contributed by atoms with Gasteiger partial charge in [0.15, 0.2) is 0 Å². The van der Waals surface area contributed by atoms with Crippen LogP contribution in [0.1, 0.15) is 37.0 Å². The third-order valence-electron chi connectivity index (χ3n) is 3.36. The molecular formula is C15H26ClN3O3S. The molecular weight excluding hydrogens is 338 g/mol. The van der Waals surface area contributed by atoms with Crippen molar-refractivity contribution >= 4 is 28.3 Å². The summed E-state index contributed by atoms with van der Waals surface area (Å²) in [5, 5.41) is 2.77. The number of sulfonamides is 1. The summed E-state index contributed by atoms with van der Waals surface area (Å²) in [6, 6.07) is 6.13. The van der Waals surface area contributed by atoms with Gasteiger partial charge < -0.3 is 11.1 Å². The lowest BCUT2D eigenvalue weighted by molar-refractivity contribution is 0.0953. The lowest BCUT2D eigenvalue weighted by Gasteiger charge is -2.18. The van der Waals surface area contributed by atoms with Crippen LogP contribution in [0.25, 0.3) is 0 Å². The van der Waals surface area contributed by atoms with Crippen LogP contribution in [-0.4, -0.2) is 44.8 Å². The van der Waals surface area contributed by atoms with Gasteiger partial charge in [-0.05, 0) is 37.6 Å². The van der Waals surface area contributed by atoms with Crippen LogP contribution in [0.4, 0.5) is 0 Å². The van der Waals surface area contributed by atoms with E-state index in [1.165, 1.54) is 16.4 Å². The fraction of sp³-hybridized carbons (Fsp3) is 0.533. The Morgan fingerprint density at radius 1 is 1.22 bits per heavy atom. The maximum atomic E-state index is 12.4. The lowest BCUT2D eigenvalue weighted by atomic mass is 10.2. The molecule has 0 saturated heterocycles. The van der Waals surface area contributed by atoms with Crippen LogP contribution >= 0.6 is 12.4 Å². The fourth-order valence-electron chi connectivity index (χ4n) is 2.08. The molecule has 0 unspecified atom stereocenters. The molecule has 1 amide bonds. The van der Waals surface area contributed by atoms with Gasteiger partial charge >= 0.3 is 0 Å². The summed E-state index contributed by atoms with van der Waals surface area (Å²) in [4.78, 5) is 12.2. The number of unbranched alkanes of at least 4 members (excludes halogenated alkanes) is 1. The van der Waals surface area contributed by atoms with Crippen molar-refractivity contribution in [3.63, 3.8) is 0 Å². The van der Waals surface area contributed by atoms with Crippen LogP contribution in [0, 0.1) is 0 Å². The number of nitrogens with one attached hydrogen (secondary N) is 1. The van der Waals surface area contributed by atoms with Gasteiger partial charge in [0.25, 0.3) is 5.91 Å². The molecule has 0 radical (unpaired) electrons. The smallest absolute Gasteiger partial charge is 0.251 e. The van der Waals surface area contributed by atoms with Crippen LogP contribution in [0.15, 0.2) is 29.2 Å². The predicted molar refractivity (Wildman–Crippen MR) is 94.4 cm³/mol. The number of carbonyl (C=O) groups is 1. The monoisotopic (exact) mass is 363 g/mol. The van der Waals surface area contributed by atoms with Crippen LogP contribution in [0.2, 0.25) is 0 Å². The van der Waals surface area contributed by atoms with E-state index in [1.54, 1.807) is 26.0 Å². The Bertz CT molecular complexity index is 589. The molecule has 1 rings (SSSR count). The van der Waals surface area contributed by atoms with Gasteiger partial charge in [-0.3, -0.25) is 4.79 Å². The van der Waals surface area contributed by atoms with Crippen molar-refractivity contribution < 1.29 is 13.2 Å². The Hall–Kier alpha value is -1.15. The molecule has 132 valence electrons. The average molecular weight is 364 g/mol. The Kier molecular flexibility index (Phi) is 10.1. The van der Waals surface area contributed by atoms with E-state index in [0.717, 1.165) is 12.8 Å². The second-order valence-electron chi connectivity index (χ2n) is 4.87. The topological polar surface area (TPSA) is 92.5 Å². The van der Waals surface area contributed by atoms with Gasteiger partial charge in [-0.2, -0.15) is 4.31 Å². The zero-order valence-electron chi connectivity index (χ0n) is 13.6. The van der Waals surface area contributed by atoms with Crippen LogP contribution < -0.4 is 11.1 Å². The normalized spacial score (nSPS) is 11.1. The van der Waals surface area contributed by atoms with E-state index in [9.17, 15) is 13.2 Å². The lowest BCUT2D eigenvalue weighted by Crippen LogP contribution is -2.31. The molecule has 0 fully saturated rings. The average Bonchev–Trinajstić information content (AvgIpc) is 2.52. The SMILES string of the molecule is CCN(CC)S(=O)(=O)c1cccc(C(=O)NCCCCN)c1.Cl. The largest absolute Gasteiger partial charge is 0.352 e. The molecule has 0 aliphatic rings. The molecule has 0 aromatic heterocycles. The number of nitrogens with two attached hydrogens (primary N) is 1. The van der Waals surface area contributed by atoms with Crippen LogP contribution in [0.3, 0.4) is 0 Å². The third-order valence-corrected chi connectivity index (χ3v) is 5.40. The number of benzene rings is 1. The molecule has 6 nitrogen and oxygen atoms in total. The maximum Gasteiger partial charge on any atom is 0.251 e. The van der Waals surface area contributed by atoms with Gasteiger partial charge in [-0.1, -0.05) is 19.9 Å². The van der Waals surface area contributed by atoms with Crippen molar-refractivity contribution in [1.29, 1.82) is 0 Å². The first-order chi connectivity index (χ1) is 10.5. The van der Waals surface area contributed by atoms with Crippen molar-refractivity contribution in [2.45, 2.75) is 31.6 Å². The van der Waals surface area contributed by atoms with Crippen molar-refractivity contribution in [3.8, 4) is 0 Å². The van der Waals surface area contributed by atoms with E-state index < -0.39 is 10.0 Å². The van der Waals surface area contributed by atoms with Gasteiger partial charge in [0, 0.05) is 25.2 Å². The summed E-state index contributed by atoms with van der Waals surface area (Å²) >= 11 is 0. The predicted octanol–water partition coefficient (Wildman–Crippen LogP) is 1.61. The van der Waals surface area contributed by atoms with Crippen LogP contribution in [-0.2, 0) is 10.0 Å². The molecule has 0 atom stereocenters. The molecule has 0 aliphatic heterocycles. The second-order valence-corrected chi connectivity index (χ2v) is 6.81. The maximum absolute atomic E-state index is 12.4. The highest BCUT2D eigenvalue weighted by atomic mass is 35.5. The minimum Gasteiger partial charge on any atom is -0.352 e. The first-order valence-corrected chi connectivity index (χ1v) is 8.99. The van der Waals surface area contributed by atoms with E-state index >= 15 is 0 Å². The number of hydrogen-bond donors (Lipinski definition) is 2. The van der Waals surface area contributed by atoms with Gasteiger partial charge in [-0.15, -0.1) is 12.4 Å². The molecule has 0 bridgehead atoms. The van der Waals surface area contributed by atoms with Gasteiger partial charge in [-0.25, -0.2) is 8.42 Å². The van der Waals surface area contributed by atoms with Crippen molar-refractivity contribution in [3.05, 3.63) is 29.8 Å².